The molecule has 5 nitrogen and oxygen atoms in total. The average Bonchev–Trinajstić information content (AvgIpc) is 3.06. The molecule has 0 bridgehead atoms. The molecule has 5 heteroatoms. The fourth-order valence-corrected chi connectivity index (χ4v) is 2.64. The molecule has 3 rings (SSSR count). The Morgan fingerprint density at radius 1 is 1.12 bits per heavy atom. The summed E-state index contributed by atoms with van der Waals surface area (Å²) in [7, 11) is 0. The van der Waals surface area contributed by atoms with Gasteiger partial charge in [-0.25, -0.2) is 4.68 Å². The van der Waals surface area contributed by atoms with Crippen molar-refractivity contribution in [2.24, 2.45) is 0 Å². The van der Waals surface area contributed by atoms with Crippen molar-refractivity contribution < 1.29 is 9.53 Å². The smallest absolute Gasteiger partial charge is 0.266 e. The second-order valence-electron chi connectivity index (χ2n) is 6.31. The number of carbonyl (C=O) groups excluding carboxylic acids is 1. The van der Waals surface area contributed by atoms with E-state index in [9.17, 15) is 4.79 Å². The Bertz CT molecular complexity index is 887. The van der Waals surface area contributed by atoms with Gasteiger partial charge in [-0.05, 0) is 43.5 Å². The van der Waals surface area contributed by atoms with E-state index in [-0.39, 0.29) is 5.91 Å². The Kier molecular flexibility index (Phi) is 5.37. The maximum absolute atomic E-state index is 12.5. The van der Waals surface area contributed by atoms with Gasteiger partial charge >= 0.3 is 0 Å². The number of aryl methyl sites for hydroxylation is 1. The van der Waals surface area contributed by atoms with Gasteiger partial charge in [-0.15, -0.1) is 0 Å². The molecule has 3 aromatic rings. The lowest BCUT2D eigenvalue weighted by atomic mass is 10.1. The van der Waals surface area contributed by atoms with Crippen LogP contribution in [0.25, 0.3) is 0 Å². The van der Waals surface area contributed by atoms with Crippen molar-refractivity contribution in [3.8, 4) is 5.75 Å². The quantitative estimate of drug-likeness (QED) is 0.733. The van der Waals surface area contributed by atoms with Crippen LogP contribution < -0.4 is 10.1 Å². The Morgan fingerprint density at radius 2 is 1.88 bits per heavy atom. The molecule has 2 aromatic carbocycles. The molecule has 0 aliphatic rings. The van der Waals surface area contributed by atoms with Crippen LogP contribution in [0.5, 0.6) is 5.75 Å². The predicted molar refractivity (Wildman–Crippen MR) is 102 cm³/mol. The van der Waals surface area contributed by atoms with E-state index in [4.69, 9.17) is 4.74 Å². The molecule has 0 radical (unpaired) electrons. The number of hydrogen-bond donors (Lipinski definition) is 1. The number of rotatable bonds is 6. The molecule has 1 amide bonds. The highest BCUT2D eigenvalue weighted by atomic mass is 16.5. The number of anilines is 1. The molecule has 0 spiro atoms. The van der Waals surface area contributed by atoms with E-state index in [2.05, 4.69) is 10.4 Å². The van der Waals surface area contributed by atoms with Gasteiger partial charge < -0.3 is 10.1 Å². The van der Waals surface area contributed by atoms with Crippen molar-refractivity contribution in [1.29, 1.82) is 0 Å². The third-order valence-corrected chi connectivity index (χ3v) is 4.37. The Hall–Kier alpha value is -3.08. The molecule has 1 unspecified atom stereocenters. The van der Waals surface area contributed by atoms with Crippen LogP contribution in [-0.2, 0) is 11.3 Å². The van der Waals surface area contributed by atoms with Crippen LogP contribution in [0.15, 0.2) is 60.8 Å². The first kappa shape index (κ1) is 17.7. The Balaban J connectivity index is 1.66. The van der Waals surface area contributed by atoms with E-state index in [1.165, 1.54) is 0 Å². The lowest BCUT2D eigenvalue weighted by Crippen LogP contribution is -2.31. The number of ether oxygens (including phenoxy) is 1. The Labute approximate surface area is 153 Å². The SMILES string of the molecule is Cc1cccc(OC(C)C(=O)Nc2ccnn2Cc2ccccc2)c1C. The van der Waals surface area contributed by atoms with Gasteiger partial charge in [-0.1, -0.05) is 42.5 Å². The highest BCUT2D eigenvalue weighted by Crippen LogP contribution is 2.22. The van der Waals surface area contributed by atoms with Crippen LogP contribution in [-0.4, -0.2) is 21.8 Å². The molecular formula is C21H23N3O2. The molecule has 1 heterocycles. The summed E-state index contributed by atoms with van der Waals surface area (Å²) >= 11 is 0. The lowest BCUT2D eigenvalue weighted by molar-refractivity contribution is -0.122. The fraction of sp³-hybridized carbons (Fsp3) is 0.238. The Morgan fingerprint density at radius 3 is 2.65 bits per heavy atom. The second-order valence-corrected chi connectivity index (χ2v) is 6.31. The largest absolute Gasteiger partial charge is 0.481 e. The summed E-state index contributed by atoms with van der Waals surface area (Å²) in [6.07, 6.45) is 1.06. The standard InChI is InChI=1S/C21H23N3O2/c1-15-8-7-11-19(16(15)2)26-17(3)21(25)23-20-12-13-22-24(20)14-18-9-5-4-6-10-18/h4-13,17H,14H2,1-3H3,(H,23,25). The van der Waals surface area contributed by atoms with E-state index < -0.39 is 6.10 Å². The van der Waals surface area contributed by atoms with Crippen molar-refractivity contribution in [2.45, 2.75) is 33.4 Å². The minimum Gasteiger partial charge on any atom is -0.481 e. The van der Waals surface area contributed by atoms with Gasteiger partial charge in [-0.2, -0.15) is 5.10 Å². The molecule has 0 aliphatic carbocycles. The minimum atomic E-state index is -0.615. The number of aromatic nitrogens is 2. The third-order valence-electron chi connectivity index (χ3n) is 4.37. The van der Waals surface area contributed by atoms with Gasteiger partial charge in [-0.3, -0.25) is 4.79 Å². The van der Waals surface area contributed by atoms with E-state index in [1.807, 2.05) is 62.4 Å². The van der Waals surface area contributed by atoms with Crippen LogP contribution in [0.1, 0.15) is 23.6 Å². The molecule has 1 atom stereocenters. The molecule has 26 heavy (non-hydrogen) atoms. The van der Waals surface area contributed by atoms with Gasteiger partial charge in [0.1, 0.15) is 11.6 Å². The predicted octanol–water partition coefficient (Wildman–Crippen LogP) is 3.95. The number of nitrogens with one attached hydrogen (secondary N) is 1. The molecule has 1 N–H and O–H groups in total. The first-order valence-electron chi connectivity index (χ1n) is 8.64. The molecule has 0 saturated carbocycles. The van der Waals surface area contributed by atoms with Crippen molar-refractivity contribution in [3.63, 3.8) is 0 Å². The van der Waals surface area contributed by atoms with E-state index in [1.54, 1.807) is 23.9 Å². The number of amides is 1. The number of benzene rings is 2. The highest BCUT2D eigenvalue weighted by molar-refractivity contribution is 5.93. The van der Waals surface area contributed by atoms with E-state index in [0.29, 0.717) is 12.4 Å². The van der Waals surface area contributed by atoms with E-state index >= 15 is 0 Å². The molecule has 1 aromatic heterocycles. The molecular weight excluding hydrogens is 326 g/mol. The van der Waals surface area contributed by atoms with Crippen molar-refractivity contribution in [2.75, 3.05) is 5.32 Å². The van der Waals surface area contributed by atoms with Crippen LogP contribution in [0.3, 0.4) is 0 Å². The first-order chi connectivity index (χ1) is 12.5. The highest BCUT2D eigenvalue weighted by Gasteiger charge is 2.18. The first-order valence-corrected chi connectivity index (χ1v) is 8.64. The summed E-state index contributed by atoms with van der Waals surface area (Å²) in [6, 6.07) is 17.6. The van der Waals surface area contributed by atoms with Crippen LogP contribution in [0, 0.1) is 13.8 Å². The zero-order chi connectivity index (χ0) is 18.5. The second kappa shape index (κ2) is 7.87. The molecule has 0 fully saturated rings. The third kappa shape index (κ3) is 4.11. The summed E-state index contributed by atoms with van der Waals surface area (Å²) in [5.41, 5.74) is 3.30. The topological polar surface area (TPSA) is 56.1 Å². The summed E-state index contributed by atoms with van der Waals surface area (Å²) < 4.78 is 7.61. The van der Waals surface area contributed by atoms with Crippen LogP contribution in [0.4, 0.5) is 5.82 Å². The molecule has 134 valence electrons. The summed E-state index contributed by atoms with van der Waals surface area (Å²) in [5, 5.41) is 7.20. The summed E-state index contributed by atoms with van der Waals surface area (Å²) in [5.74, 6) is 1.17. The molecule has 0 aliphatic heterocycles. The number of nitrogens with zero attached hydrogens (tertiary/aromatic N) is 2. The van der Waals surface area contributed by atoms with Gasteiger partial charge in [0, 0.05) is 6.07 Å². The van der Waals surface area contributed by atoms with Gasteiger partial charge in [0.2, 0.25) is 0 Å². The van der Waals surface area contributed by atoms with Gasteiger partial charge in [0.25, 0.3) is 5.91 Å². The van der Waals surface area contributed by atoms with E-state index in [0.717, 1.165) is 22.4 Å². The van der Waals surface area contributed by atoms with Crippen molar-refractivity contribution in [1.82, 2.24) is 9.78 Å². The van der Waals surface area contributed by atoms with Gasteiger partial charge in [0.05, 0.1) is 12.7 Å². The summed E-state index contributed by atoms with van der Waals surface area (Å²) in [6.45, 7) is 6.35. The van der Waals surface area contributed by atoms with Crippen molar-refractivity contribution >= 4 is 11.7 Å². The lowest BCUT2D eigenvalue weighted by Gasteiger charge is -2.17. The minimum absolute atomic E-state index is 0.208. The fourth-order valence-electron chi connectivity index (χ4n) is 2.64. The molecule has 0 saturated heterocycles. The zero-order valence-corrected chi connectivity index (χ0v) is 15.3. The van der Waals surface area contributed by atoms with Gasteiger partial charge in [0.15, 0.2) is 6.10 Å². The normalized spacial score (nSPS) is 11.8. The summed E-state index contributed by atoms with van der Waals surface area (Å²) in [4.78, 5) is 12.5. The average molecular weight is 349 g/mol. The number of hydrogen-bond acceptors (Lipinski definition) is 3. The van der Waals surface area contributed by atoms with Crippen LogP contribution >= 0.6 is 0 Å². The number of carbonyl (C=O) groups is 1. The monoisotopic (exact) mass is 349 g/mol. The van der Waals surface area contributed by atoms with Crippen molar-refractivity contribution in [3.05, 3.63) is 77.5 Å². The van der Waals surface area contributed by atoms with Crippen LogP contribution in [0.2, 0.25) is 0 Å². The maximum atomic E-state index is 12.5. The zero-order valence-electron chi connectivity index (χ0n) is 15.3. The maximum Gasteiger partial charge on any atom is 0.266 e.